The number of rotatable bonds is 1. The highest BCUT2D eigenvalue weighted by molar-refractivity contribution is 6.02. The Bertz CT molecular complexity index is 563. The van der Waals surface area contributed by atoms with Crippen LogP contribution in [0.1, 0.15) is 48.9 Å². The first-order chi connectivity index (χ1) is 9.60. The summed E-state index contributed by atoms with van der Waals surface area (Å²) in [4.78, 5) is 22.6. The first kappa shape index (κ1) is 12.9. The number of fused-ring (bicyclic) bond motifs is 1. The lowest BCUT2D eigenvalue weighted by Gasteiger charge is -2.40. The van der Waals surface area contributed by atoms with Crippen LogP contribution in [0.25, 0.3) is 0 Å². The monoisotopic (exact) mass is 275 g/mol. The molecule has 1 aromatic carbocycles. The molecule has 0 atom stereocenters. The fourth-order valence-corrected chi connectivity index (χ4v) is 3.10. The predicted octanol–water partition coefficient (Wildman–Crippen LogP) is 2.80. The number of nitro groups is 1. The zero-order valence-corrected chi connectivity index (χ0v) is 11.1. The molecule has 1 saturated carbocycles. The van der Waals surface area contributed by atoms with Gasteiger partial charge in [0.15, 0.2) is 0 Å². The Morgan fingerprint density at radius 2 is 1.80 bits per heavy atom. The molecular weight excluding hydrogens is 258 g/mol. The summed E-state index contributed by atoms with van der Waals surface area (Å²) in [5.41, 5.74) is 0.615. The number of nitrogens with one attached hydrogen (secondary N) is 2. The van der Waals surface area contributed by atoms with Crippen molar-refractivity contribution in [2.45, 2.75) is 44.2 Å². The SMILES string of the molecule is O=C1NC2(CCCCCC2)Nc2ccc([N+](=O)[O-])cc21. The molecule has 6 nitrogen and oxygen atoms in total. The van der Waals surface area contributed by atoms with Crippen LogP contribution in [-0.4, -0.2) is 16.5 Å². The number of nitrogens with zero attached hydrogens (tertiary/aromatic N) is 1. The summed E-state index contributed by atoms with van der Waals surface area (Å²) in [5, 5.41) is 17.2. The second-order valence-corrected chi connectivity index (χ2v) is 5.56. The molecule has 1 fully saturated rings. The largest absolute Gasteiger partial charge is 0.362 e. The van der Waals surface area contributed by atoms with E-state index in [1.165, 1.54) is 25.0 Å². The van der Waals surface area contributed by atoms with E-state index >= 15 is 0 Å². The Balaban J connectivity index is 1.95. The zero-order chi connectivity index (χ0) is 14.2. The minimum absolute atomic E-state index is 0.0579. The van der Waals surface area contributed by atoms with Gasteiger partial charge in [-0.25, -0.2) is 0 Å². The topological polar surface area (TPSA) is 84.3 Å². The smallest absolute Gasteiger partial charge is 0.270 e. The predicted molar refractivity (Wildman–Crippen MR) is 74.6 cm³/mol. The molecule has 1 heterocycles. The third-order valence-electron chi connectivity index (χ3n) is 4.14. The van der Waals surface area contributed by atoms with Crippen molar-refractivity contribution in [3.05, 3.63) is 33.9 Å². The van der Waals surface area contributed by atoms with Crippen LogP contribution >= 0.6 is 0 Å². The first-order valence-corrected chi connectivity index (χ1v) is 6.99. The van der Waals surface area contributed by atoms with Crippen LogP contribution in [0.15, 0.2) is 18.2 Å². The van der Waals surface area contributed by atoms with Crippen molar-refractivity contribution in [2.75, 3.05) is 5.32 Å². The molecule has 1 amide bonds. The number of nitro benzene ring substituents is 1. The minimum Gasteiger partial charge on any atom is -0.362 e. The van der Waals surface area contributed by atoms with Crippen LogP contribution in [0.4, 0.5) is 11.4 Å². The molecule has 3 rings (SSSR count). The van der Waals surface area contributed by atoms with Gasteiger partial charge >= 0.3 is 0 Å². The normalized spacial score (nSPS) is 20.5. The molecule has 1 aliphatic carbocycles. The van der Waals surface area contributed by atoms with Gasteiger partial charge in [0.2, 0.25) is 0 Å². The van der Waals surface area contributed by atoms with Crippen molar-refractivity contribution < 1.29 is 9.72 Å². The van der Waals surface area contributed by atoms with Gasteiger partial charge in [-0.05, 0) is 31.7 Å². The Morgan fingerprint density at radius 3 is 2.45 bits per heavy atom. The van der Waals surface area contributed by atoms with E-state index in [-0.39, 0.29) is 17.3 Å². The molecule has 1 aliphatic heterocycles. The molecule has 6 heteroatoms. The van der Waals surface area contributed by atoms with Crippen molar-refractivity contribution >= 4 is 17.3 Å². The van der Waals surface area contributed by atoms with Crippen LogP contribution in [0.2, 0.25) is 0 Å². The first-order valence-electron chi connectivity index (χ1n) is 6.99. The van der Waals surface area contributed by atoms with Crippen molar-refractivity contribution in [3.8, 4) is 0 Å². The van der Waals surface area contributed by atoms with Crippen molar-refractivity contribution in [2.24, 2.45) is 0 Å². The highest BCUT2D eigenvalue weighted by Gasteiger charge is 2.38. The second kappa shape index (κ2) is 4.77. The second-order valence-electron chi connectivity index (χ2n) is 5.56. The number of non-ortho nitro benzene ring substituents is 1. The van der Waals surface area contributed by atoms with E-state index in [9.17, 15) is 14.9 Å². The number of benzene rings is 1. The van der Waals surface area contributed by atoms with Gasteiger partial charge in [0.05, 0.1) is 10.5 Å². The molecule has 1 spiro atoms. The number of hydrogen-bond acceptors (Lipinski definition) is 4. The molecule has 0 unspecified atom stereocenters. The van der Waals surface area contributed by atoms with E-state index in [1.807, 2.05) is 0 Å². The van der Waals surface area contributed by atoms with Crippen LogP contribution < -0.4 is 10.6 Å². The Morgan fingerprint density at radius 1 is 1.10 bits per heavy atom. The molecule has 2 aliphatic rings. The van der Waals surface area contributed by atoms with E-state index in [1.54, 1.807) is 6.07 Å². The molecule has 2 N–H and O–H groups in total. The van der Waals surface area contributed by atoms with E-state index in [0.29, 0.717) is 11.3 Å². The maximum atomic E-state index is 12.3. The highest BCUT2D eigenvalue weighted by Crippen LogP contribution is 2.34. The van der Waals surface area contributed by atoms with Gasteiger partial charge in [0, 0.05) is 17.8 Å². The third kappa shape index (κ3) is 2.21. The van der Waals surface area contributed by atoms with E-state index in [4.69, 9.17) is 0 Å². The number of anilines is 1. The third-order valence-corrected chi connectivity index (χ3v) is 4.14. The van der Waals surface area contributed by atoms with E-state index in [2.05, 4.69) is 10.6 Å². The number of carbonyl (C=O) groups excluding carboxylic acids is 1. The quantitative estimate of drug-likeness (QED) is 0.609. The van der Waals surface area contributed by atoms with Crippen molar-refractivity contribution in [1.29, 1.82) is 0 Å². The highest BCUT2D eigenvalue weighted by atomic mass is 16.6. The van der Waals surface area contributed by atoms with Gasteiger partial charge < -0.3 is 10.6 Å². The molecule has 1 aromatic rings. The zero-order valence-electron chi connectivity index (χ0n) is 11.1. The summed E-state index contributed by atoms with van der Waals surface area (Å²) in [6.07, 6.45) is 6.33. The van der Waals surface area contributed by atoms with Gasteiger partial charge in [-0.15, -0.1) is 0 Å². The van der Waals surface area contributed by atoms with E-state index < -0.39 is 4.92 Å². The summed E-state index contributed by atoms with van der Waals surface area (Å²) >= 11 is 0. The number of amides is 1. The van der Waals surface area contributed by atoms with Crippen LogP contribution in [0, 0.1) is 10.1 Å². The molecule has 20 heavy (non-hydrogen) atoms. The van der Waals surface area contributed by atoms with Gasteiger partial charge in [0.1, 0.15) is 5.66 Å². The average molecular weight is 275 g/mol. The van der Waals surface area contributed by atoms with Crippen molar-refractivity contribution in [3.63, 3.8) is 0 Å². The van der Waals surface area contributed by atoms with Crippen LogP contribution in [-0.2, 0) is 0 Å². The Kier molecular flexibility index (Phi) is 3.08. The molecule has 106 valence electrons. The Labute approximate surface area is 116 Å². The molecule has 0 aromatic heterocycles. The lowest BCUT2D eigenvalue weighted by Crippen LogP contribution is -2.57. The molecule has 0 radical (unpaired) electrons. The summed E-state index contributed by atoms with van der Waals surface area (Å²) in [6, 6.07) is 4.41. The lowest BCUT2D eigenvalue weighted by molar-refractivity contribution is -0.384. The molecule has 0 saturated heterocycles. The Hall–Kier alpha value is -2.11. The summed E-state index contributed by atoms with van der Waals surface area (Å²) in [5.74, 6) is -0.218. The summed E-state index contributed by atoms with van der Waals surface area (Å²) in [7, 11) is 0. The lowest BCUT2D eigenvalue weighted by atomic mass is 9.95. The van der Waals surface area contributed by atoms with Gasteiger partial charge in [-0.2, -0.15) is 0 Å². The van der Waals surface area contributed by atoms with Crippen molar-refractivity contribution in [1.82, 2.24) is 5.32 Å². The maximum absolute atomic E-state index is 12.3. The van der Waals surface area contributed by atoms with Gasteiger partial charge in [-0.3, -0.25) is 14.9 Å². The average Bonchev–Trinajstić information content (AvgIpc) is 2.64. The number of carbonyl (C=O) groups is 1. The van der Waals surface area contributed by atoms with Crippen LogP contribution in [0.3, 0.4) is 0 Å². The standard InChI is InChI=1S/C14H17N3O3/c18-13-11-9-10(17(19)20)5-6-12(11)15-14(16-13)7-3-1-2-4-8-14/h5-6,9,15H,1-4,7-8H2,(H,16,18). The maximum Gasteiger partial charge on any atom is 0.270 e. The molecule has 0 bridgehead atoms. The minimum atomic E-state index is -0.483. The fourth-order valence-electron chi connectivity index (χ4n) is 3.10. The van der Waals surface area contributed by atoms with E-state index in [0.717, 1.165) is 25.7 Å². The summed E-state index contributed by atoms with van der Waals surface area (Å²) in [6.45, 7) is 0. The van der Waals surface area contributed by atoms with Crippen LogP contribution in [0.5, 0.6) is 0 Å². The molecular formula is C14H17N3O3. The number of hydrogen-bond donors (Lipinski definition) is 2. The summed E-state index contributed by atoms with van der Waals surface area (Å²) < 4.78 is 0. The fraction of sp³-hybridized carbons (Fsp3) is 0.500. The van der Waals surface area contributed by atoms with Gasteiger partial charge in [-0.1, -0.05) is 12.8 Å². The van der Waals surface area contributed by atoms with Gasteiger partial charge in [0.25, 0.3) is 11.6 Å².